The zero-order chi connectivity index (χ0) is 18.4. The lowest BCUT2D eigenvalue weighted by molar-refractivity contribution is 0.252. The van der Waals surface area contributed by atoms with E-state index in [1.54, 1.807) is 30.6 Å². The van der Waals surface area contributed by atoms with Gasteiger partial charge in [-0.1, -0.05) is 17.8 Å². The summed E-state index contributed by atoms with van der Waals surface area (Å²) in [6.07, 6.45) is 1.80. The van der Waals surface area contributed by atoms with E-state index in [-0.39, 0.29) is 0 Å². The molecule has 6 heteroatoms. The molecule has 0 N–H and O–H groups in total. The van der Waals surface area contributed by atoms with Crippen LogP contribution in [-0.4, -0.2) is 30.6 Å². The van der Waals surface area contributed by atoms with E-state index in [1.807, 2.05) is 37.9 Å². The molecule has 0 aliphatic rings. The first kappa shape index (κ1) is 19.2. The number of benzene rings is 2. The molecule has 2 aromatic rings. The van der Waals surface area contributed by atoms with Crippen LogP contribution < -0.4 is 4.74 Å². The van der Waals surface area contributed by atoms with Crippen molar-refractivity contribution in [2.24, 2.45) is 4.99 Å². The minimum atomic E-state index is -2.45. The molecule has 134 valence electrons. The maximum atomic E-state index is 12.5. The number of hydrogen-bond donors (Lipinski definition) is 0. The fraction of sp³-hybridized carbons (Fsp3) is 0.316. The van der Waals surface area contributed by atoms with Crippen LogP contribution in [0.3, 0.4) is 0 Å². The van der Waals surface area contributed by atoms with E-state index < -0.39 is 5.76 Å². The maximum Gasteiger partial charge on any atom is 0.288 e. The third kappa shape index (κ3) is 5.74. The predicted molar refractivity (Wildman–Crippen MR) is 101 cm³/mol. The summed E-state index contributed by atoms with van der Waals surface area (Å²) >= 11 is 0.507. The van der Waals surface area contributed by atoms with E-state index in [0.29, 0.717) is 28.2 Å². The van der Waals surface area contributed by atoms with Crippen molar-refractivity contribution in [1.82, 2.24) is 4.90 Å². The van der Waals surface area contributed by atoms with Gasteiger partial charge in [-0.2, -0.15) is 8.78 Å². The van der Waals surface area contributed by atoms with Gasteiger partial charge in [-0.05, 0) is 62.2 Å². The SMILES string of the molecule is CCN(C)C=Nc1cc(C)c(Oc2cccc(SC(F)F)c2)cc1C. The topological polar surface area (TPSA) is 24.8 Å². The zero-order valence-electron chi connectivity index (χ0n) is 14.8. The molecule has 0 radical (unpaired) electrons. The molecule has 0 saturated carbocycles. The Morgan fingerprint density at radius 2 is 1.96 bits per heavy atom. The molecule has 0 atom stereocenters. The Kier molecular flexibility index (Phi) is 6.82. The number of ether oxygens (including phenoxy) is 1. The van der Waals surface area contributed by atoms with E-state index >= 15 is 0 Å². The number of alkyl halides is 2. The Bertz CT molecular complexity index is 750. The summed E-state index contributed by atoms with van der Waals surface area (Å²) in [4.78, 5) is 6.96. The van der Waals surface area contributed by atoms with Crippen LogP contribution in [-0.2, 0) is 0 Å². The van der Waals surface area contributed by atoms with Gasteiger partial charge in [0.1, 0.15) is 11.5 Å². The summed E-state index contributed by atoms with van der Waals surface area (Å²) in [6.45, 7) is 6.85. The molecular formula is C19H22F2N2OS. The van der Waals surface area contributed by atoms with Gasteiger partial charge in [0.2, 0.25) is 0 Å². The molecule has 2 aromatic carbocycles. The van der Waals surface area contributed by atoms with Gasteiger partial charge in [-0.15, -0.1) is 0 Å². The van der Waals surface area contributed by atoms with E-state index in [2.05, 4.69) is 11.9 Å². The molecule has 0 aromatic heterocycles. The third-order valence-electron chi connectivity index (χ3n) is 3.64. The summed E-state index contributed by atoms with van der Waals surface area (Å²) in [5.74, 6) is -1.22. The summed E-state index contributed by atoms with van der Waals surface area (Å²) < 4.78 is 30.9. The second-order valence-corrected chi connectivity index (χ2v) is 6.74. The smallest absolute Gasteiger partial charge is 0.288 e. The number of halogens is 2. The fourth-order valence-electron chi connectivity index (χ4n) is 2.11. The third-order valence-corrected chi connectivity index (χ3v) is 4.35. The largest absolute Gasteiger partial charge is 0.457 e. The summed E-state index contributed by atoms with van der Waals surface area (Å²) in [7, 11) is 1.97. The quantitative estimate of drug-likeness (QED) is 0.341. The lowest BCUT2D eigenvalue weighted by atomic mass is 10.1. The number of aryl methyl sites for hydroxylation is 2. The van der Waals surface area contributed by atoms with Gasteiger partial charge < -0.3 is 9.64 Å². The van der Waals surface area contributed by atoms with Gasteiger partial charge in [0.25, 0.3) is 5.76 Å². The normalized spacial score (nSPS) is 11.3. The molecule has 0 saturated heterocycles. The van der Waals surface area contributed by atoms with Gasteiger partial charge in [-0.25, -0.2) is 4.99 Å². The average Bonchev–Trinajstić information content (AvgIpc) is 2.56. The minimum absolute atomic E-state index is 0.477. The molecule has 25 heavy (non-hydrogen) atoms. The molecule has 0 aliphatic heterocycles. The van der Waals surface area contributed by atoms with Crippen LogP contribution in [0.15, 0.2) is 46.3 Å². The standard InChI is InChI=1S/C19H22F2N2OS/c1-5-23(4)12-22-17-9-14(3)18(10-13(17)2)24-15-7-6-8-16(11-15)25-19(20)21/h6-12,19H,5H2,1-4H3. The van der Waals surface area contributed by atoms with E-state index in [9.17, 15) is 8.78 Å². The zero-order valence-corrected chi connectivity index (χ0v) is 15.6. The van der Waals surface area contributed by atoms with Crippen molar-refractivity contribution in [3.8, 4) is 11.5 Å². The Morgan fingerprint density at radius 3 is 2.64 bits per heavy atom. The summed E-state index contributed by atoms with van der Waals surface area (Å²) in [5, 5.41) is 0. The van der Waals surface area contributed by atoms with Crippen molar-refractivity contribution in [3.63, 3.8) is 0 Å². The first-order chi connectivity index (χ1) is 11.9. The molecule has 0 heterocycles. The molecule has 0 unspecified atom stereocenters. The molecule has 0 fully saturated rings. The Hall–Kier alpha value is -2.08. The van der Waals surface area contributed by atoms with E-state index in [0.717, 1.165) is 23.4 Å². The van der Waals surface area contributed by atoms with Crippen LogP contribution >= 0.6 is 11.8 Å². The molecule has 0 bridgehead atoms. The van der Waals surface area contributed by atoms with Gasteiger partial charge in [-0.3, -0.25) is 0 Å². The van der Waals surface area contributed by atoms with Crippen LogP contribution in [0.25, 0.3) is 0 Å². The number of nitrogens with zero attached hydrogens (tertiary/aromatic N) is 2. The van der Waals surface area contributed by atoms with Crippen LogP contribution in [0.4, 0.5) is 14.5 Å². The molecule has 2 rings (SSSR count). The number of rotatable bonds is 7. The van der Waals surface area contributed by atoms with Crippen molar-refractivity contribution in [3.05, 3.63) is 47.5 Å². The monoisotopic (exact) mass is 364 g/mol. The maximum absolute atomic E-state index is 12.5. The molecule has 0 amide bonds. The van der Waals surface area contributed by atoms with Crippen molar-refractivity contribution in [2.75, 3.05) is 13.6 Å². The predicted octanol–water partition coefficient (Wildman–Crippen LogP) is 6.02. The first-order valence-corrected chi connectivity index (χ1v) is 8.85. The van der Waals surface area contributed by atoms with Crippen LogP contribution in [0.1, 0.15) is 18.1 Å². The fourth-order valence-corrected chi connectivity index (χ4v) is 2.65. The van der Waals surface area contributed by atoms with Crippen molar-refractivity contribution < 1.29 is 13.5 Å². The van der Waals surface area contributed by atoms with Gasteiger partial charge in [0.15, 0.2) is 0 Å². The molecule has 0 spiro atoms. The highest BCUT2D eigenvalue weighted by Crippen LogP contribution is 2.34. The van der Waals surface area contributed by atoms with Crippen molar-refractivity contribution in [1.29, 1.82) is 0 Å². The lowest BCUT2D eigenvalue weighted by Gasteiger charge is -2.13. The summed E-state index contributed by atoms with van der Waals surface area (Å²) in [6, 6.07) is 10.6. The van der Waals surface area contributed by atoms with E-state index in [4.69, 9.17) is 4.74 Å². The minimum Gasteiger partial charge on any atom is -0.457 e. The molecule has 3 nitrogen and oxygen atoms in total. The van der Waals surface area contributed by atoms with Gasteiger partial charge in [0.05, 0.1) is 12.0 Å². The average molecular weight is 364 g/mol. The second kappa shape index (κ2) is 8.85. The first-order valence-electron chi connectivity index (χ1n) is 7.97. The lowest BCUT2D eigenvalue weighted by Crippen LogP contribution is -2.14. The van der Waals surface area contributed by atoms with Crippen molar-refractivity contribution >= 4 is 23.8 Å². The Morgan fingerprint density at radius 1 is 1.20 bits per heavy atom. The van der Waals surface area contributed by atoms with Crippen LogP contribution in [0.2, 0.25) is 0 Å². The Balaban J connectivity index is 2.21. The number of hydrogen-bond acceptors (Lipinski definition) is 3. The van der Waals surface area contributed by atoms with Crippen molar-refractivity contribution in [2.45, 2.75) is 31.4 Å². The van der Waals surface area contributed by atoms with Crippen LogP contribution in [0, 0.1) is 13.8 Å². The number of thioether (sulfide) groups is 1. The van der Waals surface area contributed by atoms with E-state index in [1.165, 1.54) is 0 Å². The Labute approximate surface area is 151 Å². The van der Waals surface area contributed by atoms with Crippen LogP contribution in [0.5, 0.6) is 11.5 Å². The molecular weight excluding hydrogens is 342 g/mol. The number of aliphatic imine (C=N–C) groups is 1. The summed E-state index contributed by atoms with van der Waals surface area (Å²) in [5.41, 5.74) is 2.80. The highest BCUT2D eigenvalue weighted by atomic mass is 32.2. The second-order valence-electron chi connectivity index (χ2n) is 5.68. The highest BCUT2D eigenvalue weighted by Gasteiger charge is 2.09. The molecule has 0 aliphatic carbocycles. The van der Waals surface area contributed by atoms with Gasteiger partial charge in [0, 0.05) is 18.5 Å². The van der Waals surface area contributed by atoms with Gasteiger partial charge >= 0.3 is 0 Å². The highest BCUT2D eigenvalue weighted by molar-refractivity contribution is 7.99.